The van der Waals surface area contributed by atoms with Crippen LogP contribution in [0.15, 0.2) is 0 Å². The Balaban J connectivity index is 0. The van der Waals surface area contributed by atoms with E-state index in [1.807, 2.05) is 0 Å². The summed E-state index contributed by atoms with van der Waals surface area (Å²) in [7, 11) is 2.22. The van der Waals surface area contributed by atoms with Crippen LogP contribution in [-0.4, -0.2) is 26.2 Å². The van der Waals surface area contributed by atoms with Gasteiger partial charge in [-0.05, 0) is 0 Å². The summed E-state index contributed by atoms with van der Waals surface area (Å²) in [6.45, 7) is 0. The van der Waals surface area contributed by atoms with E-state index in [4.69, 9.17) is 0 Å². The second-order valence-electron chi connectivity index (χ2n) is 0.983. The molecule has 0 fully saturated rings. The molecule has 0 aromatic carbocycles. The molecule has 0 spiro atoms. The highest BCUT2D eigenvalue weighted by atomic mass is 16.6. The fraction of sp³-hybridized carbons (Fsp3) is 0.500. The first-order valence-electron chi connectivity index (χ1n) is 1.88. The molecule has 0 bridgehead atoms. The van der Waals surface area contributed by atoms with Crippen molar-refractivity contribution in [3.63, 3.8) is 0 Å². The van der Waals surface area contributed by atoms with Crippen molar-refractivity contribution in [3.05, 3.63) is 0 Å². The highest BCUT2D eigenvalue weighted by Gasteiger charge is 2.11. The van der Waals surface area contributed by atoms with Gasteiger partial charge in [-0.3, -0.25) is 0 Å². The van der Waals surface area contributed by atoms with Gasteiger partial charge < -0.3 is 15.6 Å². The summed E-state index contributed by atoms with van der Waals surface area (Å²) in [5.74, 6) is -1.96. The lowest BCUT2D eigenvalue weighted by Crippen LogP contribution is -2.16. The van der Waals surface area contributed by atoms with Gasteiger partial charge in [-0.15, -0.1) is 0 Å². The molecule has 0 rings (SSSR count). The number of carbonyl (C=O) groups is 2. The minimum atomic E-state index is -0.979. The van der Waals surface area contributed by atoms with Crippen molar-refractivity contribution < 1.29 is 19.1 Å². The smallest absolute Gasteiger partial charge is 0.417 e. The van der Waals surface area contributed by atoms with Crippen LogP contribution in [0.4, 0.5) is 0 Å². The van der Waals surface area contributed by atoms with Gasteiger partial charge >= 0.3 is 11.9 Å². The van der Waals surface area contributed by atoms with E-state index in [1.165, 1.54) is 0 Å². The lowest BCUT2D eigenvalue weighted by Gasteiger charge is -1.92. The maximum atomic E-state index is 10.0. The van der Waals surface area contributed by atoms with Crippen LogP contribution >= 0.6 is 0 Å². The topological polar surface area (TPSA) is 87.6 Å². The average Bonchev–Trinajstić information content (AvgIpc) is 1.84. The largest absolute Gasteiger partial charge is 0.461 e. The molecular weight excluding hydrogens is 126 g/mol. The Labute approximate surface area is 52.5 Å². The van der Waals surface area contributed by atoms with Crippen LogP contribution in [0.25, 0.3) is 0 Å². The van der Waals surface area contributed by atoms with Crippen LogP contribution in [0.2, 0.25) is 0 Å². The molecule has 0 amide bonds. The standard InChI is InChI=1S/C4H6O4.H3N/c1-7-3(5)4(6)8-2;/h1-2H3;1H3. The summed E-state index contributed by atoms with van der Waals surface area (Å²) < 4.78 is 7.98. The highest BCUT2D eigenvalue weighted by molar-refractivity contribution is 6.29. The molecule has 0 aliphatic rings. The zero-order valence-corrected chi connectivity index (χ0v) is 5.34. The molecule has 9 heavy (non-hydrogen) atoms. The zero-order chi connectivity index (χ0) is 6.57. The molecule has 0 aromatic heterocycles. The van der Waals surface area contributed by atoms with E-state index in [2.05, 4.69) is 9.47 Å². The van der Waals surface area contributed by atoms with Crippen LogP contribution in [0, 0.1) is 0 Å². The summed E-state index contributed by atoms with van der Waals surface area (Å²) in [5, 5.41) is 0. The van der Waals surface area contributed by atoms with E-state index in [0.29, 0.717) is 0 Å². The van der Waals surface area contributed by atoms with Crippen molar-refractivity contribution in [2.45, 2.75) is 0 Å². The fourth-order valence-corrected chi connectivity index (χ4v) is 0.167. The van der Waals surface area contributed by atoms with Gasteiger partial charge in [0.2, 0.25) is 0 Å². The van der Waals surface area contributed by atoms with E-state index < -0.39 is 11.9 Å². The maximum absolute atomic E-state index is 10.0. The fourth-order valence-electron chi connectivity index (χ4n) is 0.167. The molecular formula is C4H9NO4. The number of carbonyl (C=O) groups excluding carboxylic acids is 2. The maximum Gasteiger partial charge on any atom is 0.417 e. The molecule has 0 aliphatic carbocycles. The third kappa shape index (κ3) is 3.48. The predicted octanol–water partition coefficient (Wildman–Crippen LogP) is -0.506. The van der Waals surface area contributed by atoms with E-state index in [-0.39, 0.29) is 6.15 Å². The quantitative estimate of drug-likeness (QED) is 0.357. The Hall–Kier alpha value is -1.10. The zero-order valence-electron chi connectivity index (χ0n) is 5.34. The summed E-state index contributed by atoms with van der Waals surface area (Å²) in [5.41, 5.74) is 0. The molecule has 0 radical (unpaired) electrons. The van der Waals surface area contributed by atoms with Gasteiger partial charge in [-0.25, -0.2) is 9.59 Å². The number of methoxy groups -OCH3 is 2. The third-order valence-electron chi connectivity index (χ3n) is 0.537. The van der Waals surface area contributed by atoms with Gasteiger partial charge in [0.1, 0.15) is 0 Å². The first-order valence-corrected chi connectivity index (χ1v) is 1.88. The van der Waals surface area contributed by atoms with Crippen molar-refractivity contribution in [2.24, 2.45) is 0 Å². The summed E-state index contributed by atoms with van der Waals surface area (Å²) in [6, 6.07) is 0. The molecule has 0 heterocycles. The van der Waals surface area contributed by atoms with E-state index >= 15 is 0 Å². The number of rotatable bonds is 0. The molecule has 0 unspecified atom stereocenters. The molecule has 0 aromatic rings. The Morgan fingerprint density at radius 3 is 1.33 bits per heavy atom. The van der Waals surface area contributed by atoms with Crippen molar-refractivity contribution >= 4 is 11.9 Å². The van der Waals surface area contributed by atoms with Gasteiger partial charge in [-0.2, -0.15) is 0 Å². The number of hydrogen-bond acceptors (Lipinski definition) is 5. The van der Waals surface area contributed by atoms with Gasteiger partial charge in [-0.1, -0.05) is 0 Å². The lowest BCUT2D eigenvalue weighted by atomic mass is 10.7. The molecule has 0 saturated carbocycles. The van der Waals surface area contributed by atoms with Crippen molar-refractivity contribution in [2.75, 3.05) is 14.2 Å². The summed E-state index contributed by atoms with van der Waals surface area (Å²) >= 11 is 0. The monoisotopic (exact) mass is 135 g/mol. The normalized spacial score (nSPS) is 6.89. The first kappa shape index (κ1) is 10.8. The van der Waals surface area contributed by atoms with E-state index in [9.17, 15) is 9.59 Å². The van der Waals surface area contributed by atoms with E-state index in [0.717, 1.165) is 14.2 Å². The van der Waals surface area contributed by atoms with Crippen LogP contribution in [0.3, 0.4) is 0 Å². The Kier molecular flexibility index (Phi) is 6.06. The minimum absolute atomic E-state index is 0. The average molecular weight is 135 g/mol. The van der Waals surface area contributed by atoms with Gasteiger partial charge in [0.15, 0.2) is 0 Å². The van der Waals surface area contributed by atoms with Crippen LogP contribution in [0.1, 0.15) is 0 Å². The molecule has 5 heteroatoms. The molecule has 3 N–H and O–H groups in total. The number of esters is 2. The molecule has 0 atom stereocenters. The Bertz CT molecular complexity index is 97.1. The van der Waals surface area contributed by atoms with Gasteiger partial charge in [0.25, 0.3) is 0 Å². The second-order valence-corrected chi connectivity index (χ2v) is 0.983. The molecule has 5 nitrogen and oxygen atoms in total. The molecule has 0 saturated heterocycles. The molecule has 0 aliphatic heterocycles. The van der Waals surface area contributed by atoms with Gasteiger partial charge in [0, 0.05) is 0 Å². The van der Waals surface area contributed by atoms with Crippen molar-refractivity contribution in [1.82, 2.24) is 6.15 Å². The van der Waals surface area contributed by atoms with Crippen molar-refractivity contribution in [3.8, 4) is 0 Å². The van der Waals surface area contributed by atoms with Crippen LogP contribution in [0.5, 0.6) is 0 Å². The second kappa shape index (κ2) is 5.04. The first-order chi connectivity index (χ1) is 3.72. The van der Waals surface area contributed by atoms with Crippen molar-refractivity contribution in [1.29, 1.82) is 0 Å². The Morgan fingerprint density at radius 2 is 1.22 bits per heavy atom. The van der Waals surface area contributed by atoms with Gasteiger partial charge in [0.05, 0.1) is 14.2 Å². The summed E-state index contributed by atoms with van der Waals surface area (Å²) in [6.07, 6.45) is 0. The minimum Gasteiger partial charge on any atom is -0.461 e. The van der Waals surface area contributed by atoms with Crippen LogP contribution in [-0.2, 0) is 19.1 Å². The van der Waals surface area contributed by atoms with Crippen LogP contribution < -0.4 is 6.15 Å². The molecule has 54 valence electrons. The summed E-state index contributed by atoms with van der Waals surface area (Å²) in [4.78, 5) is 20.1. The predicted molar refractivity (Wildman–Crippen MR) is 29.1 cm³/mol. The third-order valence-corrected chi connectivity index (χ3v) is 0.537. The number of ether oxygens (including phenoxy) is 2. The lowest BCUT2D eigenvalue weighted by molar-refractivity contribution is -0.164. The Morgan fingerprint density at radius 1 is 1.00 bits per heavy atom. The highest BCUT2D eigenvalue weighted by Crippen LogP contribution is 1.75. The van der Waals surface area contributed by atoms with E-state index in [1.54, 1.807) is 0 Å². The number of hydrogen-bond donors (Lipinski definition) is 1. The SMILES string of the molecule is COC(=O)C(=O)OC.N.